The lowest BCUT2D eigenvalue weighted by Gasteiger charge is -2.30. The number of ether oxygens (including phenoxy) is 1. The fraction of sp³-hybridized carbons (Fsp3) is 0.481. The van der Waals surface area contributed by atoms with Gasteiger partial charge in [0.1, 0.15) is 4.83 Å². The lowest BCUT2D eigenvalue weighted by molar-refractivity contribution is -0.119. The van der Waals surface area contributed by atoms with Crippen LogP contribution in [0.15, 0.2) is 40.6 Å². The number of rotatable bonds is 10. The first-order valence-electron chi connectivity index (χ1n) is 12.8. The van der Waals surface area contributed by atoms with Crippen molar-refractivity contribution < 1.29 is 9.53 Å². The van der Waals surface area contributed by atoms with E-state index in [9.17, 15) is 4.79 Å². The number of amides is 1. The number of aromatic nitrogens is 4. The van der Waals surface area contributed by atoms with Crippen LogP contribution in [0.1, 0.15) is 56.5 Å². The summed E-state index contributed by atoms with van der Waals surface area (Å²) in [5.74, 6) is 1.25. The van der Waals surface area contributed by atoms with Crippen LogP contribution >= 0.6 is 34.9 Å². The van der Waals surface area contributed by atoms with Gasteiger partial charge >= 0.3 is 0 Å². The smallest absolute Gasteiger partial charge is 0.230 e. The molecule has 0 saturated heterocycles. The van der Waals surface area contributed by atoms with E-state index >= 15 is 0 Å². The Morgan fingerprint density at radius 3 is 2.81 bits per heavy atom. The van der Waals surface area contributed by atoms with E-state index in [0.717, 1.165) is 52.5 Å². The zero-order valence-electron chi connectivity index (χ0n) is 21.7. The molecule has 1 atom stereocenters. The molecule has 0 bridgehead atoms. The molecule has 0 saturated carbocycles. The molecular weight excluding hydrogens is 523 g/mol. The summed E-state index contributed by atoms with van der Waals surface area (Å²) in [5.41, 5.74) is 3.17. The van der Waals surface area contributed by atoms with Gasteiger partial charge in [0.2, 0.25) is 5.91 Å². The molecule has 1 aromatic carbocycles. The molecule has 1 amide bonds. The SMILES string of the molecule is CCCSc1nc2sc3c(c2c2nnc(SCC(=O)NC(C)CCc4ccccc4)n12)CC(C)(C)OC3. The molecule has 1 N–H and O–H groups in total. The third kappa shape index (κ3) is 5.97. The Bertz CT molecular complexity index is 1400. The Hall–Kier alpha value is -2.14. The van der Waals surface area contributed by atoms with Gasteiger partial charge in [-0.1, -0.05) is 60.8 Å². The summed E-state index contributed by atoms with van der Waals surface area (Å²) in [5, 5.41) is 14.9. The first-order chi connectivity index (χ1) is 17.8. The predicted molar refractivity (Wildman–Crippen MR) is 153 cm³/mol. The molecule has 37 heavy (non-hydrogen) atoms. The molecule has 1 aliphatic rings. The maximum Gasteiger partial charge on any atom is 0.230 e. The maximum atomic E-state index is 12.8. The van der Waals surface area contributed by atoms with Gasteiger partial charge in [0.05, 0.1) is 23.3 Å². The summed E-state index contributed by atoms with van der Waals surface area (Å²) in [6.07, 6.45) is 3.70. The first kappa shape index (κ1) is 26.5. The molecule has 3 aromatic heterocycles. The number of thiophene rings is 1. The zero-order valence-corrected chi connectivity index (χ0v) is 24.2. The van der Waals surface area contributed by atoms with Gasteiger partial charge in [0.15, 0.2) is 16.0 Å². The summed E-state index contributed by atoms with van der Waals surface area (Å²) in [6.45, 7) is 9.08. The van der Waals surface area contributed by atoms with E-state index < -0.39 is 0 Å². The normalized spacial score (nSPS) is 15.7. The highest BCUT2D eigenvalue weighted by Gasteiger charge is 2.31. The van der Waals surface area contributed by atoms with E-state index in [0.29, 0.717) is 11.8 Å². The van der Waals surface area contributed by atoms with Crippen molar-refractivity contribution in [2.75, 3.05) is 11.5 Å². The molecule has 0 radical (unpaired) electrons. The Labute approximate surface area is 230 Å². The number of carbonyl (C=O) groups excluding carboxylic acids is 1. The number of nitrogens with one attached hydrogen (secondary N) is 1. The molecule has 7 nitrogen and oxygen atoms in total. The van der Waals surface area contributed by atoms with Crippen LogP contribution in [0, 0.1) is 0 Å². The topological polar surface area (TPSA) is 81.4 Å². The number of nitrogens with zero attached hydrogens (tertiary/aromatic N) is 4. The van der Waals surface area contributed by atoms with Crippen molar-refractivity contribution in [3.63, 3.8) is 0 Å². The van der Waals surface area contributed by atoms with Crippen LogP contribution in [0.4, 0.5) is 0 Å². The lowest BCUT2D eigenvalue weighted by Crippen LogP contribution is -2.34. The van der Waals surface area contributed by atoms with Crippen molar-refractivity contribution in [3.8, 4) is 0 Å². The highest BCUT2D eigenvalue weighted by molar-refractivity contribution is 8.00. The average molecular weight is 556 g/mol. The van der Waals surface area contributed by atoms with Crippen LogP contribution in [0.2, 0.25) is 0 Å². The van der Waals surface area contributed by atoms with Gasteiger partial charge < -0.3 is 10.1 Å². The second-order valence-corrected chi connectivity index (χ2v) is 13.2. The molecule has 10 heteroatoms. The number of hydrogen-bond acceptors (Lipinski definition) is 8. The zero-order chi connectivity index (χ0) is 26.0. The van der Waals surface area contributed by atoms with Crippen LogP contribution in [0.25, 0.3) is 15.9 Å². The Morgan fingerprint density at radius 1 is 1.22 bits per heavy atom. The van der Waals surface area contributed by atoms with Crippen molar-refractivity contribution in [2.24, 2.45) is 0 Å². The number of thioether (sulfide) groups is 2. The van der Waals surface area contributed by atoms with E-state index in [2.05, 4.69) is 59.7 Å². The van der Waals surface area contributed by atoms with Crippen molar-refractivity contribution in [1.82, 2.24) is 24.9 Å². The molecule has 196 valence electrons. The third-order valence-electron chi connectivity index (χ3n) is 6.40. The van der Waals surface area contributed by atoms with Crippen LogP contribution < -0.4 is 5.32 Å². The third-order valence-corrected chi connectivity index (χ3v) is 9.57. The van der Waals surface area contributed by atoms with E-state index in [1.54, 1.807) is 23.1 Å². The predicted octanol–water partition coefficient (Wildman–Crippen LogP) is 5.92. The van der Waals surface area contributed by atoms with Crippen LogP contribution in [0.5, 0.6) is 0 Å². The van der Waals surface area contributed by atoms with Crippen LogP contribution in [0.3, 0.4) is 0 Å². The number of hydrogen-bond donors (Lipinski definition) is 1. The van der Waals surface area contributed by atoms with Crippen molar-refractivity contribution in [3.05, 3.63) is 46.3 Å². The molecular formula is C27H33N5O2S3. The summed E-state index contributed by atoms with van der Waals surface area (Å²) < 4.78 is 8.11. The minimum Gasteiger partial charge on any atom is -0.370 e. The number of benzene rings is 1. The largest absolute Gasteiger partial charge is 0.370 e. The number of fused-ring (bicyclic) bond motifs is 5. The van der Waals surface area contributed by atoms with E-state index in [4.69, 9.17) is 9.72 Å². The summed E-state index contributed by atoms with van der Waals surface area (Å²) in [4.78, 5) is 20.0. The molecule has 1 unspecified atom stereocenters. The quantitative estimate of drug-likeness (QED) is 0.192. The van der Waals surface area contributed by atoms with Gasteiger partial charge in [0.25, 0.3) is 0 Å². The Morgan fingerprint density at radius 2 is 2.03 bits per heavy atom. The highest BCUT2D eigenvalue weighted by atomic mass is 32.2. The van der Waals surface area contributed by atoms with Gasteiger partial charge in [0, 0.05) is 23.1 Å². The number of aryl methyl sites for hydroxylation is 1. The molecule has 0 spiro atoms. The lowest BCUT2D eigenvalue weighted by atomic mass is 9.94. The summed E-state index contributed by atoms with van der Waals surface area (Å²) in [7, 11) is 0. The molecule has 0 aliphatic carbocycles. The van der Waals surface area contributed by atoms with Crippen molar-refractivity contribution in [1.29, 1.82) is 0 Å². The molecule has 0 fully saturated rings. The second-order valence-electron chi connectivity index (χ2n) is 10.1. The van der Waals surface area contributed by atoms with Crippen LogP contribution in [-0.2, 0) is 29.0 Å². The fourth-order valence-electron chi connectivity index (χ4n) is 4.52. The minimum absolute atomic E-state index is 0.00548. The van der Waals surface area contributed by atoms with Gasteiger partial charge in [-0.15, -0.1) is 21.5 Å². The molecule has 1 aliphatic heterocycles. The van der Waals surface area contributed by atoms with Gasteiger partial charge in [-0.3, -0.25) is 4.79 Å². The summed E-state index contributed by atoms with van der Waals surface area (Å²) in [6, 6.07) is 10.5. The highest BCUT2D eigenvalue weighted by Crippen LogP contribution is 2.41. The Balaban J connectivity index is 1.35. The molecule has 4 aromatic rings. The number of carbonyl (C=O) groups is 1. The second kappa shape index (κ2) is 11.3. The molecule has 4 heterocycles. The van der Waals surface area contributed by atoms with Gasteiger partial charge in [-0.05, 0) is 51.2 Å². The monoisotopic (exact) mass is 555 g/mol. The fourth-order valence-corrected chi connectivity index (χ4v) is 7.32. The average Bonchev–Trinajstić information content (AvgIpc) is 3.45. The van der Waals surface area contributed by atoms with Crippen LogP contribution in [-0.4, -0.2) is 48.6 Å². The minimum atomic E-state index is -0.222. The van der Waals surface area contributed by atoms with Crippen molar-refractivity contribution in [2.45, 2.75) is 81.9 Å². The summed E-state index contributed by atoms with van der Waals surface area (Å²) >= 11 is 4.83. The standard InChI is InChI=1S/C27H33N5O2S3/c1-5-13-35-25-29-24-22(19-14-27(3,4)34-15-20(19)37-24)23-30-31-26(32(23)25)36-16-21(33)28-17(2)11-12-18-9-7-6-8-10-18/h6-10,17H,5,11-16H2,1-4H3,(H,28,33). The van der Waals surface area contributed by atoms with E-state index in [1.807, 2.05) is 18.2 Å². The van der Waals surface area contributed by atoms with Gasteiger partial charge in [-0.2, -0.15) is 0 Å². The van der Waals surface area contributed by atoms with Gasteiger partial charge in [-0.25, -0.2) is 9.38 Å². The van der Waals surface area contributed by atoms with E-state index in [1.165, 1.54) is 27.8 Å². The van der Waals surface area contributed by atoms with Crippen molar-refractivity contribution >= 4 is 56.6 Å². The Kier molecular flexibility index (Phi) is 8.09. The maximum absolute atomic E-state index is 12.8. The van der Waals surface area contributed by atoms with E-state index in [-0.39, 0.29) is 23.3 Å². The molecule has 5 rings (SSSR count). The first-order valence-corrected chi connectivity index (χ1v) is 15.6.